The van der Waals surface area contributed by atoms with E-state index in [1.807, 2.05) is 11.0 Å². The minimum Gasteiger partial charge on any atom is -0.393 e. The summed E-state index contributed by atoms with van der Waals surface area (Å²) in [6.07, 6.45) is 1.89. The van der Waals surface area contributed by atoms with Crippen molar-refractivity contribution in [1.82, 2.24) is 9.80 Å². The van der Waals surface area contributed by atoms with Crippen molar-refractivity contribution in [1.29, 1.82) is 0 Å². The van der Waals surface area contributed by atoms with Crippen LogP contribution < -0.4 is 0 Å². The van der Waals surface area contributed by atoms with E-state index >= 15 is 0 Å². The molecular formula is C19H25FN2O3. The molecule has 1 amide bonds. The normalized spacial score (nSPS) is 32.3. The van der Waals surface area contributed by atoms with Crippen LogP contribution in [0.15, 0.2) is 24.3 Å². The molecule has 0 spiro atoms. The average Bonchev–Trinajstić information content (AvgIpc) is 2.99. The average molecular weight is 348 g/mol. The number of carbonyl (C=O) groups is 1. The molecule has 3 aliphatic rings. The van der Waals surface area contributed by atoms with Crippen molar-refractivity contribution in [3.63, 3.8) is 0 Å². The number of aliphatic hydroxyl groups excluding tert-OH is 1. The summed E-state index contributed by atoms with van der Waals surface area (Å²) < 4.78 is 19.6. The maximum Gasteiger partial charge on any atom is 0.225 e. The number of nitrogens with zero attached hydrogens (tertiary/aromatic N) is 2. The smallest absolute Gasteiger partial charge is 0.225 e. The van der Waals surface area contributed by atoms with Crippen LogP contribution in [0.2, 0.25) is 0 Å². The Hall–Kier alpha value is -1.50. The Morgan fingerprint density at radius 3 is 2.76 bits per heavy atom. The standard InChI is InChI=1S/C19H25FN2O3/c20-18-4-2-1-3-13(18)12-25-17-9-15-10-22(6-5-21(15)11-17)19(24)14-7-16(23)8-14/h1-4,14-17,23H,5-12H2/t14?,15-,16?,17+/m1/s1. The SMILES string of the molecule is O=C(C1CC(O)C1)N1CCN2C[C@@H](OCc3ccccc3F)C[C@@H]2C1. The maximum absolute atomic E-state index is 13.7. The van der Waals surface area contributed by atoms with Gasteiger partial charge in [0.25, 0.3) is 0 Å². The summed E-state index contributed by atoms with van der Waals surface area (Å²) in [5.74, 6) is -0.0191. The van der Waals surface area contributed by atoms with E-state index in [1.54, 1.807) is 12.1 Å². The lowest BCUT2D eigenvalue weighted by atomic mass is 9.81. The zero-order valence-corrected chi connectivity index (χ0v) is 14.3. The van der Waals surface area contributed by atoms with Crippen LogP contribution in [0.4, 0.5) is 4.39 Å². The summed E-state index contributed by atoms with van der Waals surface area (Å²) in [7, 11) is 0. The number of amides is 1. The van der Waals surface area contributed by atoms with E-state index in [0.717, 1.165) is 32.6 Å². The van der Waals surface area contributed by atoms with Gasteiger partial charge in [0.2, 0.25) is 5.91 Å². The molecule has 1 N–H and O–H groups in total. The van der Waals surface area contributed by atoms with E-state index in [0.29, 0.717) is 31.1 Å². The molecule has 6 heteroatoms. The molecule has 0 unspecified atom stereocenters. The Morgan fingerprint density at radius 2 is 2.00 bits per heavy atom. The first-order chi connectivity index (χ1) is 12.1. The van der Waals surface area contributed by atoms with E-state index in [1.165, 1.54) is 6.07 Å². The van der Waals surface area contributed by atoms with Crippen LogP contribution in [0, 0.1) is 11.7 Å². The number of ether oxygens (including phenoxy) is 1. The molecule has 2 aliphatic heterocycles. The van der Waals surface area contributed by atoms with E-state index < -0.39 is 0 Å². The van der Waals surface area contributed by atoms with E-state index in [4.69, 9.17) is 4.74 Å². The van der Waals surface area contributed by atoms with Crippen LogP contribution in [0.3, 0.4) is 0 Å². The molecule has 1 aromatic carbocycles. The van der Waals surface area contributed by atoms with Crippen LogP contribution in [-0.2, 0) is 16.1 Å². The Bertz CT molecular complexity index is 635. The van der Waals surface area contributed by atoms with Gasteiger partial charge in [-0.25, -0.2) is 4.39 Å². The summed E-state index contributed by atoms with van der Waals surface area (Å²) in [6.45, 7) is 3.50. The highest BCUT2D eigenvalue weighted by Crippen LogP contribution is 2.31. The van der Waals surface area contributed by atoms with Crippen molar-refractivity contribution in [3.8, 4) is 0 Å². The highest BCUT2D eigenvalue weighted by molar-refractivity contribution is 5.80. The zero-order valence-electron chi connectivity index (χ0n) is 14.3. The quantitative estimate of drug-likeness (QED) is 0.894. The number of aliphatic hydroxyl groups is 1. The summed E-state index contributed by atoms with van der Waals surface area (Å²) in [5.41, 5.74) is 0.590. The molecular weight excluding hydrogens is 323 g/mol. The van der Waals surface area contributed by atoms with Crippen LogP contribution in [0.5, 0.6) is 0 Å². The second-order valence-electron chi connectivity index (χ2n) is 7.52. The third-order valence-electron chi connectivity index (χ3n) is 5.78. The van der Waals surface area contributed by atoms with Crippen LogP contribution in [-0.4, -0.2) is 65.2 Å². The predicted octanol–water partition coefficient (Wildman–Crippen LogP) is 1.40. The molecule has 4 rings (SSSR count). The second kappa shape index (κ2) is 7.02. The minimum atomic E-state index is -0.294. The third-order valence-corrected chi connectivity index (χ3v) is 5.78. The van der Waals surface area contributed by atoms with Crippen molar-refractivity contribution < 1.29 is 19.0 Å². The van der Waals surface area contributed by atoms with Gasteiger partial charge >= 0.3 is 0 Å². The highest BCUT2D eigenvalue weighted by atomic mass is 19.1. The van der Waals surface area contributed by atoms with Crippen molar-refractivity contribution in [2.45, 2.75) is 44.1 Å². The summed E-state index contributed by atoms with van der Waals surface area (Å²) in [6, 6.07) is 7.04. The Balaban J connectivity index is 1.28. The topological polar surface area (TPSA) is 53.0 Å². The Labute approximate surface area is 147 Å². The highest BCUT2D eigenvalue weighted by Gasteiger charge is 2.41. The molecule has 2 atom stereocenters. The zero-order chi connectivity index (χ0) is 17.4. The van der Waals surface area contributed by atoms with Gasteiger partial charge in [-0.1, -0.05) is 18.2 Å². The number of hydrogen-bond acceptors (Lipinski definition) is 4. The van der Waals surface area contributed by atoms with Crippen molar-refractivity contribution in [2.24, 2.45) is 5.92 Å². The Kier molecular flexibility index (Phi) is 4.75. The van der Waals surface area contributed by atoms with Gasteiger partial charge in [0.1, 0.15) is 5.82 Å². The number of rotatable bonds is 4. The Morgan fingerprint density at radius 1 is 1.20 bits per heavy atom. The van der Waals surface area contributed by atoms with Gasteiger partial charge in [-0.2, -0.15) is 0 Å². The van der Waals surface area contributed by atoms with Gasteiger partial charge in [0.05, 0.1) is 18.8 Å². The van der Waals surface area contributed by atoms with E-state index in [2.05, 4.69) is 4.90 Å². The van der Waals surface area contributed by atoms with E-state index in [-0.39, 0.29) is 29.9 Å². The molecule has 0 radical (unpaired) electrons. The number of benzene rings is 1. The predicted molar refractivity (Wildman–Crippen MR) is 90.3 cm³/mol. The van der Waals surface area contributed by atoms with Gasteiger partial charge in [0.15, 0.2) is 0 Å². The molecule has 0 aromatic heterocycles. The molecule has 5 nitrogen and oxygen atoms in total. The first-order valence-electron chi connectivity index (χ1n) is 9.16. The fourth-order valence-electron chi connectivity index (χ4n) is 4.19. The first-order valence-corrected chi connectivity index (χ1v) is 9.16. The lowest BCUT2D eigenvalue weighted by molar-refractivity contribution is -0.144. The van der Waals surface area contributed by atoms with Crippen LogP contribution in [0.1, 0.15) is 24.8 Å². The lowest BCUT2D eigenvalue weighted by Gasteiger charge is -2.41. The largest absolute Gasteiger partial charge is 0.393 e. The molecule has 136 valence electrons. The maximum atomic E-state index is 13.7. The lowest BCUT2D eigenvalue weighted by Crippen LogP contribution is -2.55. The van der Waals surface area contributed by atoms with Gasteiger partial charge in [0, 0.05) is 43.7 Å². The molecule has 1 aliphatic carbocycles. The summed E-state index contributed by atoms with van der Waals surface area (Å²) >= 11 is 0. The molecule has 2 heterocycles. The number of fused-ring (bicyclic) bond motifs is 1. The fourth-order valence-corrected chi connectivity index (χ4v) is 4.19. The van der Waals surface area contributed by atoms with Crippen molar-refractivity contribution in [3.05, 3.63) is 35.6 Å². The number of halogens is 1. The molecule has 2 saturated heterocycles. The van der Waals surface area contributed by atoms with Crippen molar-refractivity contribution in [2.75, 3.05) is 26.2 Å². The molecule has 1 aromatic rings. The summed E-state index contributed by atoms with van der Waals surface area (Å²) in [5, 5.41) is 9.40. The number of piperazine rings is 1. The molecule has 1 saturated carbocycles. The van der Waals surface area contributed by atoms with Gasteiger partial charge in [-0.3, -0.25) is 9.69 Å². The number of hydrogen-bond donors (Lipinski definition) is 1. The molecule has 0 bridgehead atoms. The van der Waals surface area contributed by atoms with Gasteiger partial charge in [-0.15, -0.1) is 0 Å². The first kappa shape index (κ1) is 16.9. The fraction of sp³-hybridized carbons (Fsp3) is 0.632. The third kappa shape index (κ3) is 3.57. The van der Waals surface area contributed by atoms with Crippen LogP contribution in [0.25, 0.3) is 0 Å². The monoisotopic (exact) mass is 348 g/mol. The van der Waals surface area contributed by atoms with Gasteiger partial charge in [-0.05, 0) is 25.3 Å². The molecule has 3 fully saturated rings. The van der Waals surface area contributed by atoms with Crippen molar-refractivity contribution >= 4 is 5.91 Å². The molecule has 25 heavy (non-hydrogen) atoms. The van der Waals surface area contributed by atoms with Crippen LogP contribution >= 0.6 is 0 Å². The minimum absolute atomic E-state index is 0.0102. The van der Waals surface area contributed by atoms with E-state index in [9.17, 15) is 14.3 Å². The summed E-state index contributed by atoms with van der Waals surface area (Å²) in [4.78, 5) is 16.8. The second-order valence-corrected chi connectivity index (χ2v) is 7.52. The number of carbonyl (C=O) groups excluding carboxylic acids is 1. The van der Waals surface area contributed by atoms with Gasteiger partial charge < -0.3 is 14.7 Å².